The van der Waals surface area contributed by atoms with Crippen molar-refractivity contribution in [2.45, 2.75) is 62.6 Å². The third-order valence-electron chi connectivity index (χ3n) is 5.01. The van der Waals surface area contributed by atoms with Gasteiger partial charge in [-0.25, -0.2) is 0 Å². The first-order valence-electron chi connectivity index (χ1n) is 8.67. The molecule has 0 amide bonds. The molecule has 7 heteroatoms. The summed E-state index contributed by atoms with van der Waals surface area (Å²) < 4.78 is 46.1. The van der Waals surface area contributed by atoms with E-state index in [0.29, 0.717) is 11.8 Å². The number of hydrogen-bond acceptors (Lipinski definition) is 4. The van der Waals surface area contributed by atoms with E-state index >= 15 is 0 Å². The highest BCUT2D eigenvalue weighted by Crippen LogP contribution is 2.43. The van der Waals surface area contributed by atoms with E-state index in [-0.39, 0.29) is 17.6 Å². The van der Waals surface area contributed by atoms with Crippen molar-refractivity contribution in [1.29, 1.82) is 0 Å². The zero-order chi connectivity index (χ0) is 17.4. The van der Waals surface area contributed by atoms with Gasteiger partial charge in [0.1, 0.15) is 5.75 Å². The van der Waals surface area contributed by atoms with Crippen molar-refractivity contribution in [2.24, 2.45) is 0 Å². The highest BCUT2D eigenvalue weighted by atomic mass is 19.4. The van der Waals surface area contributed by atoms with Crippen LogP contribution in [0.1, 0.15) is 73.6 Å². The first-order chi connectivity index (χ1) is 12.0. The van der Waals surface area contributed by atoms with Crippen LogP contribution in [0.2, 0.25) is 0 Å². The summed E-state index contributed by atoms with van der Waals surface area (Å²) in [7, 11) is 0. The van der Waals surface area contributed by atoms with Crippen molar-refractivity contribution in [1.82, 2.24) is 10.1 Å². The minimum absolute atomic E-state index is 0.186. The minimum atomic E-state index is -4.66. The molecule has 2 aromatic rings. The van der Waals surface area contributed by atoms with E-state index in [1.54, 1.807) is 12.1 Å². The molecular formula is C18H19F3N2O2. The maximum absolute atomic E-state index is 12.3. The summed E-state index contributed by atoms with van der Waals surface area (Å²) in [6.07, 6.45) is 1.56. The monoisotopic (exact) mass is 352 g/mol. The van der Waals surface area contributed by atoms with Gasteiger partial charge < -0.3 is 9.26 Å². The SMILES string of the molecule is FC(F)(F)Oc1ccc(C2CCCC(c3nc(C4CC4)no3)C2)cc1. The van der Waals surface area contributed by atoms with E-state index in [0.717, 1.165) is 49.9 Å². The van der Waals surface area contributed by atoms with Gasteiger partial charge in [0.15, 0.2) is 5.82 Å². The van der Waals surface area contributed by atoms with Crippen molar-refractivity contribution in [3.05, 3.63) is 41.5 Å². The average Bonchev–Trinajstić information content (AvgIpc) is 3.31. The second kappa shape index (κ2) is 6.35. The summed E-state index contributed by atoms with van der Waals surface area (Å²) in [6, 6.07) is 6.20. The van der Waals surface area contributed by atoms with Crippen LogP contribution in [0.25, 0.3) is 0 Å². The van der Waals surface area contributed by atoms with E-state index in [9.17, 15) is 13.2 Å². The first kappa shape index (κ1) is 16.4. The molecule has 0 N–H and O–H groups in total. The first-order valence-corrected chi connectivity index (χ1v) is 8.67. The van der Waals surface area contributed by atoms with Crippen molar-refractivity contribution in [3.8, 4) is 5.75 Å². The number of ether oxygens (including phenoxy) is 1. The van der Waals surface area contributed by atoms with Crippen molar-refractivity contribution in [2.75, 3.05) is 0 Å². The van der Waals surface area contributed by atoms with Gasteiger partial charge in [-0.1, -0.05) is 23.7 Å². The zero-order valence-electron chi connectivity index (χ0n) is 13.6. The summed E-state index contributed by atoms with van der Waals surface area (Å²) in [6.45, 7) is 0. The highest BCUT2D eigenvalue weighted by Gasteiger charge is 2.33. The largest absolute Gasteiger partial charge is 0.573 e. The second-order valence-corrected chi connectivity index (χ2v) is 6.94. The molecule has 2 fully saturated rings. The van der Waals surface area contributed by atoms with Crippen LogP contribution in [0.15, 0.2) is 28.8 Å². The molecule has 0 radical (unpaired) electrons. The fourth-order valence-electron chi connectivity index (χ4n) is 3.58. The maximum atomic E-state index is 12.3. The Kier molecular flexibility index (Phi) is 4.17. The third kappa shape index (κ3) is 3.96. The lowest BCUT2D eigenvalue weighted by atomic mass is 9.78. The maximum Gasteiger partial charge on any atom is 0.573 e. The van der Waals surface area contributed by atoms with Gasteiger partial charge in [0.25, 0.3) is 0 Å². The molecule has 1 heterocycles. The Morgan fingerprint density at radius 3 is 2.36 bits per heavy atom. The summed E-state index contributed by atoms with van der Waals surface area (Å²) >= 11 is 0. The lowest BCUT2D eigenvalue weighted by Crippen LogP contribution is -2.17. The van der Waals surface area contributed by atoms with Crippen LogP contribution < -0.4 is 4.74 Å². The number of nitrogens with zero attached hydrogens (tertiary/aromatic N) is 2. The van der Waals surface area contributed by atoms with Crippen LogP contribution in [0.5, 0.6) is 5.75 Å². The molecule has 0 spiro atoms. The van der Waals surface area contributed by atoms with Gasteiger partial charge in [-0.15, -0.1) is 13.2 Å². The lowest BCUT2D eigenvalue weighted by Gasteiger charge is -2.27. The summed E-state index contributed by atoms with van der Waals surface area (Å²) in [5.41, 5.74) is 1.03. The molecule has 2 saturated carbocycles. The van der Waals surface area contributed by atoms with Gasteiger partial charge in [-0.2, -0.15) is 4.98 Å². The molecule has 0 bridgehead atoms. The Balaban J connectivity index is 1.43. The molecule has 2 aliphatic rings. The van der Waals surface area contributed by atoms with Crippen LogP contribution in [0.3, 0.4) is 0 Å². The molecule has 134 valence electrons. The number of benzene rings is 1. The van der Waals surface area contributed by atoms with Crippen molar-refractivity contribution >= 4 is 0 Å². The van der Waals surface area contributed by atoms with E-state index in [2.05, 4.69) is 14.9 Å². The molecule has 2 unspecified atom stereocenters. The van der Waals surface area contributed by atoms with Crippen LogP contribution >= 0.6 is 0 Å². The van der Waals surface area contributed by atoms with Crippen LogP contribution in [-0.4, -0.2) is 16.5 Å². The second-order valence-electron chi connectivity index (χ2n) is 6.94. The molecule has 2 atom stereocenters. The Labute approximate surface area is 143 Å². The van der Waals surface area contributed by atoms with Crippen molar-refractivity contribution in [3.63, 3.8) is 0 Å². The number of aromatic nitrogens is 2. The Morgan fingerprint density at radius 2 is 1.68 bits per heavy atom. The normalized spacial score (nSPS) is 24.3. The molecule has 4 nitrogen and oxygen atoms in total. The third-order valence-corrected chi connectivity index (χ3v) is 5.01. The lowest BCUT2D eigenvalue weighted by molar-refractivity contribution is -0.274. The number of alkyl halides is 3. The quantitative estimate of drug-likeness (QED) is 0.750. The molecular weight excluding hydrogens is 333 g/mol. The van der Waals surface area contributed by atoms with Gasteiger partial charge >= 0.3 is 6.36 Å². The summed E-state index contributed by atoms with van der Waals surface area (Å²) in [4.78, 5) is 4.56. The van der Waals surface area contributed by atoms with E-state index in [1.807, 2.05) is 0 Å². The molecule has 1 aromatic carbocycles. The number of rotatable bonds is 4. The van der Waals surface area contributed by atoms with Crippen LogP contribution in [0.4, 0.5) is 13.2 Å². The molecule has 1 aromatic heterocycles. The average molecular weight is 352 g/mol. The smallest absolute Gasteiger partial charge is 0.406 e. The topological polar surface area (TPSA) is 48.2 Å². The van der Waals surface area contributed by atoms with E-state index < -0.39 is 6.36 Å². The van der Waals surface area contributed by atoms with Gasteiger partial charge in [0.05, 0.1) is 0 Å². The van der Waals surface area contributed by atoms with Gasteiger partial charge in [-0.3, -0.25) is 0 Å². The zero-order valence-corrected chi connectivity index (χ0v) is 13.6. The minimum Gasteiger partial charge on any atom is -0.406 e. The van der Waals surface area contributed by atoms with Gasteiger partial charge in [0, 0.05) is 11.8 Å². The van der Waals surface area contributed by atoms with E-state index in [1.165, 1.54) is 12.1 Å². The van der Waals surface area contributed by atoms with Crippen LogP contribution in [-0.2, 0) is 0 Å². The van der Waals surface area contributed by atoms with E-state index in [4.69, 9.17) is 4.52 Å². The standard InChI is InChI=1S/C18H19F3N2O2/c19-18(20,21)24-15-8-6-11(7-9-15)13-2-1-3-14(10-13)17-22-16(23-25-17)12-4-5-12/h6-9,12-14H,1-5,10H2. The fraction of sp³-hybridized carbons (Fsp3) is 0.556. The Morgan fingerprint density at radius 1 is 0.960 bits per heavy atom. The molecule has 4 rings (SSSR count). The van der Waals surface area contributed by atoms with Crippen molar-refractivity contribution < 1.29 is 22.4 Å². The molecule has 0 saturated heterocycles. The fourth-order valence-corrected chi connectivity index (χ4v) is 3.58. The predicted molar refractivity (Wildman–Crippen MR) is 83.3 cm³/mol. The van der Waals surface area contributed by atoms with Crippen LogP contribution in [0, 0.1) is 0 Å². The Hall–Kier alpha value is -2.05. The summed E-state index contributed by atoms with van der Waals surface area (Å²) in [5, 5.41) is 4.09. The number of hydrogen-bond donors (Lipinski definition) is 0. The summed E-state index contributed by atoms with van der Waals surface area (Å²) in [5.74, 6) is 2.34. The molecule has 2 aliphatic carbocycles. The van der Waals surface area contributed by atoms with Gasteiger partial charge in [-0.05, 0) is 55.7 Å². The molecule has 25 heavy (non-hydrogen) atoms. The highest BCUT2D eigenvalue weighted by molar-refractivity contribution is 5.30. The number of halogens is 3. The predicted octanol–water partition coefficient (Wildman–Crippen LogP) is 5.29. The Bertz CT molecular complexity index is 723. The molecule has 0 aliphatic heterocycles. The van der Waals surface area contributed by atoms with Gasteiger partial charge in [0.2, 0.25) is 5.89 Å².